The van der Waals surface area contributed by atoms with E-state index in [2.05, 4.69) is 19.4 Å². The first-order chi connectivity index (χ1) is 11.5. The van der Waals surface area contributed by atoms with Crippen LogP contribution in [0.15, 0.2) is 12.4 Å². The third kappa shape index (κ3) is 3.53. The molecule has 24 heavy (non-hydrogen) atoms. The van der Waals surface area contributed by atoms with Gasteiger partial charge in [0.1, 0.15) is 5.82 Å². The van der Waals surface area contributed by atoms with E-state index in [-0.39, 0.29) is 12.1 Å². The Morgan fingerprint density at radius 1 is 1.12 bits per heavy atom. The molecule has 7 heteroatoms. The summed E-state index contributed by atoms with van der Waals surface area (Å²) in [5, 5.41) is 0. The van der Waals surface area contributed by atoms with Gasteiger partial charge in [0.25, 0.3) is 0 Å². The second-order valence-electron chi connectivity index (χ2n) is 7.71. The Kier molecular flexibility index (Phi) is 4.43. The molecule has 0 aromatic carbocycles. The maximum absolute atomic E-state index is 12.2. The molecule has 0 bridgehead atoms. The molecule has 0 radical (unpaired) electrons. The van der Waals surface area contributed by atoms with Crippen molar-refractivity contribution >= 4 is 9.84 Å². The third-order valence-electron chi connectivity index (χ3n) is 5.86. The normalized spacial score (nSPS) is 30.5. The summed E-state index contributed by atoms with van der Waals surface area (Å²) in [7, 11) is -2.88. The quantitative estimate of drug-likeness (QED) is 0.757. The molecular formula is C17H28N4O2S. The summed E-state index contributed by atoms with van der Waals surface area (Å²) in [4.78, 5) is 9.17. The Bertz CT molecular complexity index is 683. The molecule has 0 unspecified atom stereocenters. The van der Waals surface area contributed by atoms with Crippen molar-refractivity contribution in [3.05, 3.63) is 18.2 Å². The molecule has 3 heterocycles. The number of rotatable bonds is 6. The first-order valence-corrected chi connectivity index (χ1v) is 11.0. The SMILES string of the molecule is Cc1nccn1CCCN1CCN(CC2CC2)[C@@H]2CS(=O)(=O)C[C@@H]21. The van der Waals surface area contributed by atoms with Crippen molar-refractivity contribution in [2.75, 3.05) is 37.7 Å². The van der Waals surface area contributed by atoms with Crippen molar-refractivity contribution in [2.24, 2.45) is 5.92 Å². The van der Waals surface area contributed by atoms with Crippen molar-refractivity contribution < 1.29 is 8.42 Å². The minimum absolute atomic E-state index is 0.200. The molecule has 0 amide bonds. The fourth-order valence-corrected chi connectivity index (χ4v) is 6.36. The lowest BCUT2D eigenvalue weighted by Crippen LogP contribution is -2.59. The van der Waals surface area contributed by atoms with Gasteiger partial charge in [0, 0.05) is 57.2 Å². The van der Waals surface area contributed by atoms with Crippen molar-refractivity contribution in [1.82, 2.24) is 19.4 Å². The molecule has 1 aliphatic carbocycles. The topological polar surface area (TPSA) is 58.4 Å². The number of sulfone groups is 1. The number of piperazine rings is 1. The minimum atomic E-state index is -2.88. The first-order valence-electron chi connectivity index (χ1n) is 9.18. The molecule has 0 N–H and O–H groups in total. The summed E-state index contributed by atoms with van der Waals surface area (Å²) in [6, 6.07) is 0.422. The molecule has 3 fully saturated rings. The van der Waals surface area contributed by atoms with E-state index in [1.165, 1.54) is 12.8 Å². The van der Waals surface area contributed by atoms with E-state index in [9.17, 15) is 8.42 Å². The highest BCUT2D eigenvalue weighted by Gasteiger charge is 2.47. The summed E-state index contributed by atoms with van der Waals surface area (Å²) < 4.78 is 26.6. The van der Waals surface area contributed by atoms with E-state index in [0.29, 0.717) is 11.5 Å². The lowest BCUT2D eigenvalue weighted by Gasteiger charge is -2.44. The highest BCUT2D eigenvalue weighted by Crippen LogP contribution is 2.34. The first kappa shape index (κ1) is 16.5. The number of nitrogens with zero attached hydrogens (tertiary/aromatic N) is 4. The van der Waals surface area contributed by atoms with Crippen LogP contribution >= 0.6 is 0 Å². The number of fused-ring (bicyclic) bond motifs is 1. The predicted molar refractivity (Wildman–Crippen MR) is 93.7 cm³/mol. The highest BCUT2D eigenvalue weighted by atomic mass is 32.2. The van der Waals surface area contributed by atoms with Gasteiger partial charge in [0.15, 0.2) is 9.84 Å². The van der Waals surface area contributed by atoms with Crippen LogP contribution in [0.1, 0.15) is 25.1 Å². The van der Waals surface area contributed by atoms with Gasteiger partial charge in [-0.1, -0.05) is 0 Å². The standard InChI is InChI=1S/C17H28N4O2S/c1-14-18-5-8-19(14)6-2-7-20-9-10-21(11-15-3-4-15)17-13-24(22,23)12-16(17)20/h5,8,15-17H,2-4,6-7,9-13H2,1H3/t16-,17+/m0/s1. The summed E-state index contributed by atoms with van der Waals surface area (Å²) >= 11 is 0. The molecule has 2 saturated heterocycles. The van der Waals surface area contributed by atoms with Crippen LogP contribution in [0.2, 0.25) is 0 Å². The predicted octanol–water partition coefficient (Wildman–Crippen LogP) is 0.775. The number of hydrogen-bond acceptors (Lipinski definition) is 5. The molecule has 3 aliphatic rings. The van der Waals surface area contributed by atoms with Crippen molar-refractivity contribution in [3.8, 4) is 0 Å². The number of imidazole rings is 1. The average molecular weight is 353 g/mol. The Morgan fingerprint density at radius 3 is 2.50 bits per heavy atom. The summed E-state index contributed by atoms with van der Waals surface area (Å²) in [6.07, 6.45) is 7.56. The monoisotopic (exact) mass is 352 g/mol. The molecule has 2 aliphatic heterocycles. The van der Waals surface area contributed by atoms with Crippen LogP contribution in [0.25, 0.3) is 0 Å². The smallest absolute Gasteiger partial charge is 0.153 e. The molecule has 0 spiro atoms. The van der Waals surface area contributed by atoms with Gasteiger partial charge in [-0.3, -0.25) is 9.80 Å². The number of hydrogen-bond donors (Lipinski definition) is 0. The zero-order valence-electron chi connectivity index (χ0n) is 14.5. The average Bonchev–Trinajstić information content (AvgIpc) is 3.15. The molecule has 4 rings (SSSR count). The van der Waals surface area contributed by atoms with Gasteiger partial charge in [-0.25, -0.2) is 13.4 Å². The summed E-state index contributed by atoms with van der Waals surface area (Å²) in [5.74, 6) is 2.58. The fourth-order valence-electron chi connectivity index (χ4n) is 4.32. The van der Waals surface area contributed by atoms with E-state index in [0.717, 1.165) is 50.9 Å². The second-order valence-corrected chi connectivity index (χ2v) is 9.86. The van der Waals surface area contributed by atoms with Gasteiger partial charge in [-0.05, 0) is 32.1 Å². The van der Waals surface area contributed by atoms with Gasteiger partial charge in [-0.2, -0.15) is 0 Å². The molecule has 2 atom stereocenters. The molecule has 1 aromatic rings. The van der Waals surface area contributed by atoms with Gasteiger partial charge in [0.05, 0.1) is 11.5 Å². The van der Waals surface area contributed by atoms with Crippen LogP contribution in [0.3, 0.4) is 0 Å². The highest BCUT2D eigenvalue weighted by molar-refractivity contribution is 7.91. The van der Waals surface area contributed by atoms with Gasteiger partial charge in [0.2, 0.25) is 0 Å². The molecule has 1 aromatic heterocycles. The fraction of sp³-hybridized carbons (Fsp3) is 0.824. The van der Waals surface area contributed by atoms with Gasteiger partial charge >= 0.3 is 0 Å². The molecule has 134 valence electrons. The zero-order chi connectivity index (χ0) is 16.7. The lowest BCUT2D eigenvalue weighted by molar-refractivity contribution is 0.0412. The van der Waals surface area contributed by atoms with Gasteiger partial charge in [-0.15, -0.1) is 0 Å². The third-order valence-corrected chi connectivity index (χ3v) is 7.56. The van der Waals surface area contributed by atoms with Crippen molar-refractivity contribution in [3.63, 3.8) is 0 Å². The molecule has 1 saturated carbocycles. The summed E-state index contributed by atoms with van der Waals surface area (Å²) in [6.45, 7) is 7.10. The van der Waals surface area contributed by atoms with E-state index in [1.807, 2.05) is 19.3 Å². The van der Waals surface area contributed by atoms with Crippen LogP contribution in [-0.2, 0) is 16.4 Å². The van der Waals surface area contributed by atoms with Crippen LogP contribution < -0.4 is 0 Å². The van der Waals surface area contributed by atoms with Crippen molar-refractivity contribution in [1.29, 1.82) is 0 Å². The minimum Gasteiger partial charge on any atom is -0.335 e. The second kappa shape index (κ2) is 6.42. The van der Waals surface area contributed by atoms with E-state index in [4.69, 9.17) is 0 Å². The number of aryl methyl sites for hydroxylation is 2. The van der Waals surface area contributed by atoms with Crippen LogP contribution in [0.5, 0.6) is 0 Å². The van der Waals surface area contributed by atoms with Gasteiger partial charge < -0.3 is 4.57 Å². The maximum atomic E-state index is 12.2. The Morgan fingerprint density at radius 2 is 1.83 bits per heavy atom. The Balaban J connectivity index is 1.38. The lowest BCUT2D eigenvalue weighted by atomic mass is 10.0. The van der Waals surface area contributed by atoms with Crippen LogP contribution in [-0.4, -0.2) is 77.5 Å². The van der Waals surface area contributed by atoms with E-state index in [1.54, 1.807) is 0 Å². The van der Waals surface area contributed by atoms with Crippen LogP contribution in [0.4, 0.5) is 0 Å². The molecule has 6 nitrogen and oxygen atoms in total. The van der Waals surface area contributed by atoms with E-state index >= 15 is 0 Å². The Labute approximate surface area is 144 Å². The van der Waals surface area contributed by atoms with Crippen LogP contribution in [0, 0.1) is 12.8 Å². The zero-order valence-corrected chi connectivity index (χ0v) is 15.3. The number of aromatic nitrogens is 2. The Hall–Kier alpha value is -0.920. The van der Waals surface area contributed by atoms with Crippen molar-refractivity contribution in [2.45, 2.75) is 44.8 Å². The largest absolute Gasteiger partial charge is 0.335 e. The molecular weight excluding hydrogens is 324 g/mol. The summed E-state index contributed by atoms with van der Waals surface area (Å²) in [5.41, 5.74) is 0. The van der Waals surface area contributed by atoms with E-state index < -0.39 is 9.84 Å². The maximum Gasteiger partial charge on any atom is 0.153 e.